The van der Waals surface area contributed by atoms with E-state index in [9.17, 15) is 4.39 Å². The summed E-state index contributed by atoms with van der Waals surface area (Å²) < 4.78 is 16.7. The molecule has 2 rings (SSSR count). The standard InChI is InChI=1S/C11H16FN5.ClH/c1-4-17-10(12)9(6-14-17)5-13-11-8(2)7-16(3)15-11;/h6-7H,4-5H2,1-3H3,(H,13,15);1H. The molecule has 0 radical (unpaired) electrons. The van der Waals surface area contributed by atoms with Crippen LogP contribution in [0.3, 0.4) is 0 Å². The van der Waals surface area contributed by atoms with Crippen LogP contribution in [0, 0.1) is 12.9 Å². The molecule has 1 N–H and O–H groups in total. The Balaban J connectivity index is 0.00000162. The summed E-state index contributed by atoms with van der Waals surface area (Å²) in [6.07, 6.45) is 3.46. The van der Waals surface area contributed by atoms with Gasteiger partial charge < -0.3 is 5.32 Å². The van der Waals surface area contributed by atoms with Crippen LogP contribution in [-0.2, 0) is 20.1 Å². The Labute approximate surface area is 111 Å². The van der Waals surface area contributed by atoms with Crippen molar-refractivity contribution in [1.82, 2.24) is 19.6 Å². The summed E-state index contributed by atoms with van der Waals surface area (Å²) in [5.41, 5.74) is 1.59. The number of halogens is 2. The molecule has 2 heterocycles. The van der Waals surface area contributed by atoms with Gasteiger partial charge in [0.1, 0.15) is 0 Å². The highest BCUT2D eigenvalue weighted by atomic mass is 35.5. The van der Waals surface area contributed by atoms with Gasteiger partial charge in [0.25, 0.3) is 0 Å². The lowest BCUT2D eigenvalue weighted by molar-refractivity contribution is 0.465. The van der Waals surface area contributed by atoms with Crippen molar-refractivity contribution in [2.45, 2.75) is 26.9 Å². The van der Waals surface area contributed by atoms with Gasteiger partial charge >= 0.3 is 0 Å². The first-order chi connectivity index (χ1) is 8.11. The molecule has 5 nitrogen and oxygen atoms in total. The van der Waals surface area contributed by atoms with Crippen LogP contribution in [0.2, 0.25) is 0 Å². The van der Waals surface area contributed by atoms with Crippen molar-refractivity contribution in [3.05, 3.63) is 29.5 Å². The Morgan fingerprint density at radius 1 is 1.44 bits per heavy atom. The third kappa shape index (κ3) is 2.81. The predicted octanol–water partition coefficient (Wildman–Crippen LogP) is 2.12. The molecule has 0 amide bonds. The van der Waals surface area contributed by atoms with Gasteiger partial charge in [0.05, 0.1) is 6.20 Å². The molecular formula is C11H17ClFN5. The Morgan fingerprint density at radius 2 is 2.17 bits per heavy atom. The number of aromatic nitrogens is 4. The lowest BCUT2D eigenvalue weighted by atomic mass is 10.3. The van der Waals surface area contributed by atoms with E-state index in [1.165, 1.54) is 4.68 Å². The minimum atomic E-state index is -0.284. The molecule has 100 valence electrons. The van der Waals surface area contributed by atoms with Crippen LogP contribution < -0.4 is 5.32 Å². The fraction of sp³-hybridized carbons (Fsp3) is 0.455. The van der Waals surface area contributed by atoms with Crippen molar-refractivity contribution in [1.29, 1.82) is 0 Å². The summed E-state index contributed by atoms with van der Waals surface area (Å²) in [6.45, 7) is 4.75. The zero-order valence-electron chi connectivity index (χ0n) is 10.6. The molecule has 0 aliphatic carbocycles. The molecule has 2 aromatic rings. The molecule has 0 saturated heterocycles. The van der Waals surface area contributed by atoms with Crippen LogP contribution in [0.4, 0.5) is 10.2 Å². The molecule has 0 bridgehead atoms. The van der Waals surface area contributed by atoms with Crippen LogP contribution in [0.25, 0.3) is 0 Å². The van der Waals surface area contributed by atoms with Gasteiger partial charge in [-0.2, -0.15) is 14.6 Å². The van der Waals surface area contributed by atoms with Gasteiger partial charge in [0.15, 0.2) is 5.82 Å². The highest BCUT2D eigenvalue weighted by Gasteiger charge is 2.10. The fourth-order valence-corrected chi connectivity index (χ4v) is 1.71. The van der Waals surface area contributed by atoms with E-state index in [4.69, 9.17) is 0 Å². The van der Waals surface area contributed by atoms with Crippen molar-refractivity contribution >= 4 is 18.2 Å². The average Bonchev–Trinajstić information content (AvgIpc) is 2.79. The summed E-state index contributed by atoms with van der Waals surface area (Å²) in [7, 11) is 1.86. The van der Waals surface area contributed by atoms with E-state index in [1.54, 1.807) is 10.9 Å². The van der Waals surface area contributed by atoms with Crippen LogP contribution in [0.5, 0.6) is 0 Å². The van der Waals surface area contributed by atoms with Crippen LogP contribution in [0.15, 0.2) is 12.4 Å². The second kappa shape index (κ2) is 5.86. The molecule has 2 aromatic heterocycles. The Morgan fingerprint density at radius 3 is 2.67 bits per heavy atom. The van der Waals surface area contributed by atoms with Crippen LogP contribution in [0.1, 0.15) is 18.1 Å². The molecule has 7 heteroatoms. The third-order valence-electron chi connectivity index (χ3n) is 2.60. The zero-order chi connectivity index (χ0) is 12.4. The Hall–Kier alpha value is -1.56. The number of hydrogen-bond donors (Lipinski definition) is 1. The van der Waals surface area contributed by atoms with Crippen molar-refractivity contribution < 1.29 is 4.39 Å². The summed E-state index contributed by atoms with van der Waals surface area (Å²) in [4.78, 5) is 0. The minimum Gasteiger partial charge on any atom is -0.364 e. The van der Waals surface area contributed by atoms with Crippen molar-refractivity contribution in [2.75, 3.05) is 5.32 Å². The van der Waals surface area contributed by atoms with E-state index in [0.717, 1.165) is 11.4 Å². The topological polar surface area (TPSA) is 47.7 Å². The maximum Gasteiger partial charge on any atom is 0.216 e. The number of nitrogens with zero attached hydrogens (tertiary/aromatic N) is 4. The molecule has 0 aliphatic heterocycles. The summed E-state index contributed by atoms with van der Waals surface area (Å²) in [5, 5.41) is 11.3. The third-order valence-corrected chi connectivity index (χ3v) is 2.60. The summed E-state index contributed by atoms with van der Waals surface area (Å²) in [5.74, 6) is 0.490. The lowest BCUT2D eigenvalue weighted by Crippen LogP contribution is -2.05. The van der Waals surface area contributed by atoms with E-state index < -0.39 is 0 Å². The maximum atomic E-state index is 13.7. The number of aryl methyl sites for hydroxylation is 3. The number of rotatable bonds is 4. The summed E-state index contributed by atoms with van der Waals surface area (Å²) in [6, 6.07) is 0. The first-order valence-corrected chi connectivity index (χ1v) is 5.56. The number of nitrogens with one attached hydrogen (secondary N) is 1. The van der Waals surface area contributed by atoms with Crippen molar-refractivity contribution in [3.8, 4) is 0 Å². The molecule has 0 saturated carbocycles. The SMILES string of the molecule is CCn1ncc(CNc2nn(C)cc2C)c1F.Cl. The van der Waals surface area contributed by atoms with Crippen molar-refractivity contribution in [3.63, 3.8) is 0 Å². The smallest absolute Gasteiger partial charge is 0.216 e. The fourth-order valence-electron chi connectivity index (χ4n) is 1.71. The first-order valence-electron chi connectivity index (χ1n) is 5.56. The van der Waals surface area contributed by atoms with Gasteiger partial charge in [-0.3, -0.25) is 4.68 Å². The monoisotopic (exact) mass is 273 g/mol. The lowest BCUT2D eigenvalue weighted by Gasteiger charge is -2.02. The van der Waals surface area contributed by atoms with Gasteiger partial charge in [-0.1, -0.05) is 0 Å². The highest BCUT2D eigenvalue weighted by molar-refractivity contribution is 5.85. The van der Waals surface area contributed by atoms with E-state index >= 15 is 0 Å². The van der Waals surface area contributed by atoms with Crippen LogP contribution >= 0.6 is 12.4 Å². The largest absolute Gasteiger partial charge is 0.364 e. The quantitative estimate of drug-likeness (QED) is 0.928. The Bertz CT molecular complexity index is 519. The second-order valence-electron chi connectivity index (χ2n) is 3.96. The Kier molecular flexibility index (Phi) is 4.72. The molecular weight excluding hydrogens is 257 g/mol. The normalized spacial score (nSPS) is 10.2. The predicted molar refractivity (Wildman–Crippen MR) is 70.4 cm³/mol. The zero-order valence-corrected chi connectivity index (χ0v) is 11.5. The van der Waals surface area contributed by atoms with Gasteiger partial charge in [0.2, 0.25) is 5.95 Å². The summed E-state index contributed by atoms with van der Waals surface area (Å²) >= 11 is 0. The van der Waals surface area contributed by atoms with E-state index in [2.05, 4.69) is 15.5 Å². The van der Waals surface area contributed by atoms with E-state index in [1.807, 2.05) is 27.1 Å². The highest BCUT2D eigenvalue weighted by Crippen LogP contribution is 2.13. The molecule has 0 aromatic carbocycles. The van der Waals surface area contributed by atoms with Crippen molar-refractivity contribution in [2.24, 2.45) is 7.05 Å². The van der Waals surface area contributed by atoms with Gasteiger partial charge in [-0.05, 0) is 13.8 Å². The number of hydrogen-bond acceptors (Lipinski definition) is 3. The molecule has 0 atom stereocenters. The minimum absolute atomic E-state index is 0. The molecule has 0 aliphatic rings. The molecule has 0 fully saturated rings. The molecule has 18 heavy (non-hydrogen) atoms. The van der Waals surface area contributed by atoms with Crippen LogP contribution in [-0.4, -0.2) is 19.6 Å². The van der Waals surface area contributed by atoms with Gasteiger partial charge in [-0.15, -0.1) is 12.4 Å². The van der Waals surface area contributed by atoms with Gasteiger partial charge in [-0.25, -0.2) is 4.68 Å². The first kappa shape index (κ1) is 14.5. The number of anilines is 1. The van der Waals surface area contributed by atoms with Gasteiger partial charge in [0, 0.05) is 37.5 Å². The van der Waals surface area contributed by atoms with E-state index in [0.29, 0.717) is 18.7 Å². The van der Waals surface area contributed by atoms with E-state index in [-0.39, 0.29) is 18.4 Å². The average molecular weight is 274 g/mol. The molecule has 0 unspecified atom stereocenters. The molecule has 0 spiro atoms. The maximum absolute atomic E-state index is 13.7. The second-order valence-corrected chi connectivity index (χ2v) is 3.96.